The fraction of sp³-hybridized carbons (Fsp3) is 0.667. The van der Waals surface area contributed by atoms with Gasteiger partial charge in [-0.25, -0.2) is 4.98 Å². The van der Waals surface area contributed by atoms with E-state index in [1.165, 1.54) is 24.3 Å². The Morgan fingerprint density at radius 1 is 1.54 bits per heavy atom. The zero-order valence-corrected chi connectivity index (χ0v) is 8.33. The average molecular weight is 198 g/mol. The molecule has 0 radical (unpaired) electrons. The maximum absolute atomic E-state index is 8.87. The largest absolute Gasteiger partial charge is 0.390 e. The SMILES string of the molecule is OCc1cn(C2CCSCC2)cn1. The van der Waals surface area contributed by atoms with E-state index in [1.807, 2.05) is 24.3 Å². The smallest absolute Gasteiger partial charge is 0.0953 e. The predicted molar refractivity (Wildman–Crippen MR) is 53.7 cm³/mol. The molecule has 2 heterocycles. The third kappa shape index (κ3) is 2.06. The quantitative estimate of drug-likeness (QED) is 0.781. The summed E-state index contributed by atoms with van der Waals surface area (Å²) in [6, 6.07) is 0.606. The third-order valence-electron chi connectivity index (χ3n) is 2.43. The Morgan fingerprint density at radius 3 is 2.92 bits per heavy atom. The molecule has 0 atom stereocenters. The van der Waals surface area contributed by atoms with Gasteiger partial charge in [-0.2, -0.15) is 11.8 Å². The zero-order chi connectivity index (χ0) is 9.10. The van der Waals surface area contributed by atoms with Crippen molar-refractivity contribution in [1.29, 1.82) is 0 Å². The van der Waals surface area contributed by atoms with Crippen molar-refractivity contribution in [2.45, 2.75) is 25.5 Å². The van der Waals surface area contributed by atoms with Gasteiger partial charge in [0.05, 0.1) is 18.6 Å². The van der Waals surface area contributed by atoms with E-state index in [1.54, 1.807) is 0 Å². The van der Waals surface area contributed by atoms with Crippen LogP contribution >= 0.6 is 11.8 Å². The van der Waals surface area contributed by atoms with Gasteiger partial charge in [0, 0.05) is 12.2 Å². The highest BCUT2D eigenvalue weighted by Gasteiger charge is 2.15. The molecule has 0 spiro atoms. The van der Waals surface area contributed by atoms with Gasteiger partial charge in [0.25, 0.3) is 0 Å². The first-order chi connectivity index (χ1) is 6.40. The maximum atomic E-state index is 8.87. The second-order valence-electron chi connectivity index (χ2n) is 3.31. The molecular weight excluding hydrogens is 184 g/mol. The van der Waals surface area contributed by atoms with Crippen LogP contribution in [0.1, 0.15) is 24.6 Å². The number of aliphatic hydroxyl groups excluding tert-OH is 1. The molecule has 1 aromatic rings. The molecule has 0 bridgehead atoms. The van der Waals surface area contributed by atoms with Crippen LogP contribution in [-0.4, -0.2) is 26.2 Å². The summed E-state index contributed by atoms with van der Waals surface area (Å²) in [4.78, 5) is 4.12. The molecule has 2 rings (SSSR count). The molecule has 1 aliphatic heterocycles. The lowest BCUT2D eigenvalue weighted by molar-refractivity contribution is 0.277. The lowest BCUT2D eigenvalue weighted by Gasteiger charge is -2.22. The van der Waals surface area contributed by atoms with Crippen molar-refractivity contribution in [2.24, 2.45) is 0 Å². The Hall–Kier alpha value is -0.480. The first-order valence-electron chi connectivity index (χ1n) is 4.61. The summed E-state index contributed by atoms with van der Waals surface area (Å²) < 4.78 is 2.14. The fourth-order valence-corrected chi connectivity index (χ4v) is 2.73. The van der Waals surface area contributed by atoms with E-state index in [0.29, 0.717) is 6.04 Å². The summed E-state index contributed by atoms with van der Waals surface area (Å²) >= 11 is 2.02. The van der Waals surface area contributed by atoms with E-state index in [4.69, 9.17) is 5.11 Å². The minimum atomic E-state index is 0.0501. The summed E-state index contributed by atoms with van der Waals surface area (Å²) in [7, 11) is 0. The molecule has 72 valence electrons. The van der Waals surface area contributed by atoms with E-state index in [-0.39, 0.29) is 6.61 Å². The van der Waals surface area contributed by atoms with Gasteiger partial charge >= 0.3 is 0 Å². The van der Waals surface area contributed by atoms with Gasteiger partial charge in [-0.15, -0.1) is 0 Å². The molecule has 1 aliphatic rings. The highest BCUT2D eigenvalue weighted by molar-refractivity contribution is 7.99. The van der Waals surface area contributed by atoms with E-state index >= 15 is 0 Å². The molecule has 1 N–H and O–H groups in total. The van der Waals surface area contributed by atoms with Gasteiger partial charge in [0.2, 0.25) is 0 Å². The summed E-state index contributed by atoms with van der Waals surface area (Å²) in [6.07, 6.45) is 6.25. The van der Waals surface area contributed by atoms with Crippen LogP contribution in [-0.2, 0) is 6.61 Å². The van der Waals surface area contributed by atoms with Crippen LogP contribution in [0.15, 0.2) is 12.5 Å². The van der Waals surface area contributed by atoms with E-state index in [0.717, 1.165) is 5.69 Å². The zero-order valence-electron chi connectivity index (χ0n) is 7.52. The van der Waals surface area contributed by atoms with Gasteiger partial charge in [-0.05, 0) is 24.3 Å². The highest BCUT2D eigenvalue weighted by Crippen LogP contribution is 2.26. The Balaban J connectivity index is 2.05. The highest BCUT2D eigenvalue weighted by atomic mass is 32.2. The topological polar surface area (TPSA) is 38.0 Å². The van der Waals surface area contributed by atoms with E-state index in [2.05, 4.69) is 9.55 Å². The van der Waals surface area contributed by atoms with Crippen LogP contribution < -0.4 is 0 Å². The van der Waals surface area contributed by atoms with Crippen molar-refractivity contribution in [3.8, 4) is 0 Å². The number of aromatic nitrogens is 2. The lowest BCUT2D eigenvalue weighted by Crippen LogP contribution is -2.13. The molecule has 3 nitrogen and oxygen atoms in total. The lowest BCUT2D eigenvalue weighted by atomic mass is 10.1. The molecule has 0 aromatic carbocycles. The standard InChI is InChI=1S/C9H14N2OS/c12-6-8-5-11(7-10-8)9-1-3-13-4-2-9/h5,7,9,12H,1-4,6H2. The summed E-state index contributed by atoms with van der Waals surface area (Å²) in [5, 5.41) is 8.87. The Labute approximate surface area is 82.2 Å². The molecule has 1 aromatic heterocycles. The van der Waals surface area contributed by atoms with Crippen molar-refractivity contribution in [3.05, 3.63) is 18.2 Å². The van der Waals surface area contributed by atoms with Crippen LogP contribution in [0.2, 0.25) is 0 Å². The van der Waals surface area contributed by atoms with Crippen molar-refractivity contribution in [1.82, 2.24) is 9.55 Å². The predicted octanol–water partition coefficient (Wildman–Crippen LogP) is 1.44. The molecule has 0 unspecified atom stereocenters. The number of rotatable bonds is 2. The van der Waals surface area contributed by atoms with Crippen LogP contribution in [0.4, 0.5) is 0 Å². The Morgan fingerprint density at radius 2 is 2.31 bits per heavy atom. The number of imidazole rings is 1. The van der Waals surface area contributed by atoms with Crippen molar-refractivity contribution < 1.29 is 5.11 Å². The second kappa shape index (κ2) is 4.15. The Kier molecular flexibility index (Phi) is 2.90. The normalized spacial score (nSPS) is 19.2. The van der Waals surface area contributed by atoms with Crippen molar-refractivity contribution in [2.75, 3.05) is 11.5 Å². The number of hydrogen-bond donors (Lipinski definition) is 1. The molecular formula is C9H14N2OS. The molecule has 1 fully saturated rings. The first kappa shape index (κ1) is 9.09. The van der Waals surface area contributed by atoms with Gasteiger partial charge in [0.1, 0.15) is 0 Å². The van der Waals surface area contributed by atoms with E-state index < -0.39 is 0 Å². The number of thioether (sulfide) groups is 1. The fourth-order valence-electron chi connectivity index (χ4n) is 1.64. The molecule has 0 amide bonds. The van der Waals surface area contributed by atoms with Crippen molar-refractivity contribution in [3.63, 3.8) is 0 Å². The van der Waals surface area contributed by atoms with Gasteiger partial charge in [-0.1, -0.05) is 0 Å². The third-order valence-corrected chi connectivity index (χ3v) is 3.48. The first-order valence-corrected chi connectivity index (χ1v) is 5.76. The minimum absolute atomic E-state index is 0.0501. The number of aliphatic hydroxyl groups is 1. The molecule has 1 saturated heterocycles. The van der Waals surface area contributed by atoms with Crippen LogP contribution in [0, 0.1) is 0 Å². The molecule has 4 heteroatoms. The summed E-state index contributed by atoms with van der Waals surface area (Å²) in [5.74, 6) is 2.49. The molecule has 0 saturated carbocycles. The van der Waals surface area contributed by atoms with Crippen LogP contribution in [0.3, 0.4) is 0 Å². The molecule has 0 aliphatic carbocycles. The van der Waals surface area contributed by atoms with Crippen LogP contribution in [0.5, 0.6) is 0 Å². The maximum Gasteiger partial charge on any atom is 0.0953 e. The van der Waals surface area contributed by atoms with Gasteiger partial charge in [0.15, 0.2) is 0 Å². The van der Waals surface area contributed by atoms with Crippen LogP contribution in [0.25, 0.3) is 0 Å². The van der Waals surface area contributed by atoms with Gasteiger partial charge in [-0.3, -0.25) is 0 Å². The van der Waals surface area contributed by atoms with Crippen molar-refractivity contribution >= 4 is 11.8 Å². The Bertz CT molecular complexity index is 268. The second-order valence-corrected chi connectivity index (χ2v) is 4.54. The molecule has 13 heavy (non-hydrogen) atoms. The number of nitrogens with zero attached hydrogens (tertiary/aromatic N) is 2. The monoisotopic (exact) mass is 198 g/mol. The van der Waals surface area contributed by atoms with Gasteiger partial charge < -0.3 is 9.67 Å². The minimum Gasteiger partial charge on any atom is -0.390 e. The van der Waals surface area contributed by atoms with E-state index in [9.17, 15) is 0 Å². The summed E-state index contributed by atoms with van der Waals surface area (Å²) in [6.45, 7) is 0.0501. The number of hydrogen-bond acceptors (Lipinski definition) is 3. The average Bonchev–Trinajstić information content (AvgIpc) is 2.67. The summed E-state index contributed by atoms with van der Waals surface area (Å²) in [5.41, 5.74) is 0.776.